The van der Waals surface area contributed by atoms with Crippen LogP contribution in [0.1, 0.15) is 31.8 Å². The van der Waals surface area contributed by atoms with E-state index in [1.54, 1.807) is 18.2 Å². The Bertz CT molecular complexity index is 698. The number of aryl methyl sites for hydroxylation is 1. The fourth-order valence-corrected chi connectivity index (χ4v) is 1.84. The molecular formula is C15H14N2O4. The number of carbonyl (C=O) groups excluding carboxylic acids is 1. The second-order valence-electron chi connectivity index (χ2n) is 4.47. The quantitative estimate of drug-likeness (QED) is 0.872. The first-order valence-corrected chi connectivity index (χ1v) is 6.18. The van der Waals surface area contributed by atoms with E-state index in [1.165, 1.54) is 18.5 Å². The average molecular weight is 286 g/mol. The van der Waals surface area contributed by atoms with E-state index in [-0.39, 0.29) is 17.9 Å². The van der Waals surface area contributed by atoms with Crippen molar-refractivity contribution < 1.29 is 19.4 Å². The van der Waals surface area contributed by atoms with E-state index < -0.39 is 11.9 Å². The predicted molar refractivity (Wildman–Crippen MR) is 75.2 cm³/mol. The third kappa shape index (κ3) is 3.36. The molecule has 0 radical (unpaired) electrons. The van der Waals surface area contributed by atoms with Crippen LogP contribution in [0.5, 0.6) is 5.75 Å². The Labute approximate surface area is 121 Å². The lowest BCUT2D eigenvalue weighted by Crippen LogP contribution is -2.11. The lowest BCUT2D eigenvalue weighted by Gasteiger charge is -2.11. The number of carbonyl (C=O) groups is 2. The largest absolute Gasteiger partial charge is 0.486 e. The van der Waals surface area contributed by atoms with E-state index >= 15 is 0 Å². The second-order valence-corrected chi connectivity index (χ2v) is 4.47. The number of nitrogens with two attached hydrogens (primary N) is 1. The highest BCUT2D eigenvalue weighted by atomic mass is 16.5. The van der Waals surface area contributed by atoms with Gasteiger partial charge in [0.25, 0.3) is 0 Å². The summed E-state index contributed by atoms with van der Waals surface area (Å²) in [4.78, 5) is 26.0. The first-order chi connectivity index (χ1) is 9.99. The number of aromatic nitrogens is 1. The number of aromatic carboxylic acids is 1. The van der Waals surface area contributed by atoms with Crippen LogP contribution in [0.2, 0.25) is 0 Å². The summed E-state index contributed by atoms with van der Waals surface area (Å²) in [7, 11) is 0. The van der Waals surface area contributed by atoms with Crippen molar-refractivity contribution in [2.24, 2.45) is 5.73 Å². The molecular weight excluding hydrogens is 272 g/mol. The van der Waals surface area contributed by atoms with Gasteiger partial charge in [0, 0.05) is 11.8 Å². The van der Waals surface area contributed by atoms with Gasteiger partial charge in [-0.15, -0.1) is 0 Å². The molecule has 0 unspecified atom stereocenters. The number of benzene rings is 1. The number of carboxylic acids is 1. The minimum atomic E-state index is -1.08. The Morgan fingerprint density at radius 3 is 2.71 bits per heavy atom. The van der Waals surface area contributed by atoms with Crippen molar-refractivity contribution in [1.29, 1.82) is 0 Å². The molecule has 3 N–H and O–H groups in total. The number of carboxylic acid groups (broad SMARTS) is 1. The predicted octanol–water partition coefficient (Wildman–Crippen LogP) is 1.77. The van der Waals surface area contributed by atoms with Gasteiger partial charge in [-0.05, 0) is 36.2 Å². The Morgan fingerprint density at radius 1 is 1.33 bits per heavy atom. The zero-order valence-electron chi connectivity index (χ0n) is 11.4. The molecule has 108 valence electrons. The van der Waals surface area contributed by atoms with E-state index in [9.17, 15) is 9.59 Å². The first-order valence-electron chi connectivity index (χ1n) is 6.18. The molecule has 2 aromatic rings. The minimum Gasteiger partial charge on any atom is -0.486 e. The standard InChI is InChI=1S/C15H14N2O4/c1-9-6-10(14(16)18)2-3-11(9)8-21-13-7-17-5-4-12(13)15(19)20/h2-7H,8H2,1H3,(H2,16,18)(H,19,20). The molecule has 21 heavy (non-hydrogen) atoms. The van der Waals surface area contributed by atoms with E-state index in [4.69, 9.17) is 15.6 Å². The van der Waals surface area contributed by atoms with Gasteiger partial charge >= 0.3 is 5.97 Å². The summed E-state index contributed by atoms with van der Waals surface area (Å²) >= 11 is 0. The molecule has 0 bridgehead atoms. The van der Waals surface area contributed by atoms with E-state index in [2.05, 4.69) is 4.98 Å². The van der Waals surface area contributed by atoms with Crippen molar-refractivity contribution in [3.8, 4) is 5.75 Å². The van der Waals surface area contributed by atoms with Crippen molar-refractivity contribution in [3.63, 3.8) is 0 Å². The summed E-state index contributed by atoms with van der Waals surface area (Å²) in [5.74, 6) is -1.37. The van der Waals surface area contributed by atoms with Crippen molar-refractivity contribution in [2.45, 2.75) is 13.5 Å². The average Bonchev–Trinajstić information content (AvgIpc) is 2.46. The molecule has 0 aliphatic carbocycles. The lowest BCUT2D eigenvalue weighted by atomic mass is 10.1. The summed E-state index contributed by atoms with van der Waals surface area (Å²) in [5.41, 5.74) is 7.35. The van der Waals surface area contributed by atoms with E-state index in [0.717, 1.165) is 11.1 Å². The molecule has 1 aromatic heterocycles. The minimum absolute atomic E-state index is 0.0522. The maximum Gasteiger partial charge on any atom is 0.339 e. The fourth-order valence-electron chi connectivity index (χ4n) is 1.84. The highest BCUT2D eigenvalue weighted by Crippen LogP contribution is 2.19. The van der Waals surface area contributed by atoms with Gasteiger partial charge in [0.2, 0.25) is 5.91 Å². The Kier molecular flexibility index (Phi) is 4.18. The number of amides is 1. The third-order valence-electron chi connectivity index (χ3n) is 3.03. The van der Waals surface area contributed by atoms with Gasteiger partial charge in [-0.1, -0.05) is 6.07 Å². The monoisotopic (exact) mass is 286 g/mol. The highest BCUT2D eigenvalue weighted by molar-refractivity contribution is 5.93. The highest BCUT2D eigenvalue weighted by Gasteiger charge is 2.11. The fraction of sp³-hybridized carbons (Fsp3) is 0.133. The maximum absolute atomic E-state index is 11.1. The van der Waals surface area contributed by atoms with Gasteiger partial charge < -0.3 is 15.6 Å². The SMILES string of the molecule is Cc1cc(C(N)=O)ccc1COc1cnccc1C(=O)O. The molecule has 0 atom stereocenters. The summed E-state index contributed by atoms with van der Waals surface area (Å²) in [6.07, 6.45) is 2.75. The molecule has 0 spiro atoms. The maximum atomic E-state index is 11.1. The molecule has 0 fully saturated rings. The Balaban J connectivity index is 2.17. The summed E-state index contributed by atoms with van der Waals surface area (Å²) in [6.45, 7) is 2.00. The summed E-state index contributed by atoms with van der Waals surface area (Å²) < 4.78 is 5.51. The lowest BCUT2D eigenvalue weighted by molar-refractivity contribution is 0.0691. The van der Waals surface area contributed by atoms with Crippen LogP contribution < -0.4 is 10.5 Å². The molecule has 1 aromatic carbocycles. The normalized spacial score (nSPS) is 10.1. The van der Waals surface area contributed by atoms with Crippen LogP contribution in [0, 0.1) is 6.92 Å². The molecule has 6 nitrogen and oxygen atoms in total. The van der Waals surface area contributed by atoms with E-state index in [0.29, 0.717) is 5.56 Å². The van der Waals surface area contributed by atoms with Crippen LogP contribution in [0.25, 0.3) is 0 Å². The first kappa shape index (κ1) is 14.5. The second kappa shape index (κ2) is 6.04. The molecule has 0 aliphatic heterocycles. The topological polar surface area (TPSA) is 103 Å². The smallest absolute Gasteiger partial charge is 0.339 e. The van der Waals surface area contributed by atoms with Gasteiger partial charge in [0.15, 0.2) is 5.75 Å². The zero-order chi connectivity index (χ0) is 15.4. The van der Waals surface area contributed by atoms with Crippen LogP contribution in [-0.2, 0) is 6.61 Å². The van der Waals surface area contributed by atoms with Gasteiger partial charge in [0.05, 0.1) is 6.20 Å². The Hall–Kier alpha value is -2.89. The summed E-state index contributed by atoms with van der Waals surface area (Å²) in [6, 6.07) is 6.38. The number of hydrogen-bond donors (Lipinski definition) is 2. The van der Waals surface area contributed by atoms with Gasteiger partial charge in [-0.3, -0.25) is 9.78 Å². The van der Waals surface area contributed by atoms with Crippen molar-refractivity contribution in [3.05, 3.63) is 58.9 Å². The van der Waals surface area contributed by atoms with Crippen LogP contribution in [-0.4, -0.2) is 22.0 Å². The van der Waals surface area contributed by atoms with Gasteiger partial charge in [-0.2, -0.15) is 0 Å². The molecule has 0 aliphatic rings. The molecule has 2 rings (SSSR count). The molecule has 1 amide bonds. The molecule has 6 heteroatoms. The van der Waals surface area contributed by atoms with Gasteiger partial charge in [-0.25, -0.2) is 4.79 Å². The number of rotatable bonds is 5. The van der Waals surface area contributed by atoms with E-state index in [1.807, 2.05) is 6.92 Å². The summed E-state index contributed by atoms with van der Waals surface area (Å²) in [5, 5.41) is 9.06. The van der Waals surface area contributed by atoms with Crippen LogP contribution >= 0.6 is 0 Å². The molecule has 0 saturated heterocycles. The number of pyridine rings is 1. The number of hydrogen-bond acceptors (Lipinski definition) is 4. The molecule has 0 saturated carbocycles. The van der Waals surface area contributed by atoms with Crippen LogP contribution in [0.15, 0.2) is 36.7 Å². The van der Waals surface area contributed by atoms with Crippen molar-refractivity contribution in [2.75, 3.05) is 0 Å². The molecule has 1 heterocycles. The third-order valence-corrected chi connectivity index (χ3v) is 3.03. The Morgan fingerprint density at radius 2 is 2.10 bits per heavy atom. The van der Waals surface area contributed by atoms with Crippen LogP contribution in [0.3, 0.4) is 0 Å². The number of nitrogens with zero attached hydrogens (tertiary/aromatic N) is 1. The zero-order valence-corrected chi connectivity index (χ0v) is 11.4. The van der Waals surface area contributed by atoms with Gasteiger partial charge in [0.1, 0.15) is 12.2 Å². The van der Waals surface area contributed by atoms with Crippen molar-refractivity contribution >= 4 is 11.9 Å². The number of ether oxygens (including phenoxy) is 1. The van der Waals surface area contributed by atoms with Crippen molar-refractivity contribution in [1.82, 2.24) is 4.98 Å². The number of primary amides is 1. The van der Waals surface area contributed by atoms with Crippen LogP contribution in [0.4, 0.5) is 0 Å².